The van der Waals surface area contributed by atoms with Gasteiger partial charge in [-0.15, -0.1) is 0 Å². The SMILES string of the molecule is Cc1[nH]c(C(=O)CC(=O)c2[nH]c(C)c(C)c2-c2ccccc2)c(-c2ccccc2)c1C. The zero-order chi connectivity index (χ0) is 22.1. The van der Waals surface area contributed by atoms with Gasteiger partial charge in [0.2, 0.25) is 0 Å². The lowest BCUT2D eigenvalue weighted by Gasteiger charge is -2.07. The lowest BCUT2D eigenvalue weighted by molar-refractivity contribution is 0.0890. The Morgan fingerprint density at radius 2 is 0.968 bits per heavy atom. The van der Waals surface area contributed by atoms with E-state index in [1.165, 1.54) is 0 Å². The van der Waals surface area contributed by atoms with Gasteiger partial charge in [-0.3, -0.25) is 9.59 Å². The highest BCUT2D eigenvalue weighted by atomic mass is 16.1. The number of hydrogen-bond acceptors (Lipinski definition) is 2. The molecule has 0 unspecified atom stereocenters. The molecule has 0 aliphatic heterocycles. The van der Waals surface area contributed by atoms with E-state index in [0.29, 0.717) is 11.4 Å². The Hall–Kier alpha value is -3.66. The fourth-order valence-electron chi connectivity index (χ4n) is 4.11. The van der Waals surface area contributed by atoms with Crippen molar-refractivity contribution in [1.82, 2.24) is 9.97 Å². The largest absolute Gasteiger partial charge is 0.355 e. The maximum Gasteiger partial charge on any atom is 0.187 e. The van der Waals surface area contributed by atoms with Crippen LogP contribution in [0.25, 0.3) is 22.3 Å². The second-order valence-electron chi connectivity index (χ2n) is 8.01. The van der Waals surface area contributed by atoms with Crippen LogP contribution in [0.15, 0.2) is 60.7 Å². The van der Waals surface area contributed by atoms with E-state index in [1.807, 2.05) is 88.4 Å². The molecule has 0 spiro atoms. The van der Waals surface area contributed by atoms with Crippen LogP contribution in [0.2, 0.25) is 0 Å². The summed E-state index contributed by atoms with van der Waals surface area (Å²) in [7, 11) is 0. The number of H-pyrrole nitrogens is 2. The highest BCUT2D eigenvalue weighted by Crippen LogP contribution is 2.33. The molecule has 0 radical (unpaired) electrons. The zero-order valence-electron chi connectivity index (χ0n) is 18.3. The molecule has 2 aromatic heterocycles. The molecule has 2 aromatic carbocycles. The number of carbonyl (C=O) groups excluding carboxylic acids is 2. The summed E-state index contributed by atoms with van der Waals surface area (Å²) in [5, 5.41) is 0. The van der Waals surface area contributed by atoms with E-state index in [9.17, 15) is 9.59 Å². The van der Waals surface area contributed by atoms with Crippen molar-refractivity contribution < 1.29 is 9.59 Å². The van der Waals surface area contributed by atoms with Gasteiger partial charge in [0.05, 0.1) is 17.8 Å². The average Bonchev–Trinajstić information content (AvgIpc) is 3.25. The molecule has 156 valence electrons. The number of aromatic amines is 2. The summed E-state index contributed by atoms with van der Waals surface area (Å²) >= 11 is 0. The van der Waals surface area contributed by atoms with Crippen molar-refractivity contribution in [2.24, 2.45) is 0 Å². The van der Waals surface area contributed by atoms with Crippen molar-refractivity contribution >= 4 is 11.6 Å². The fourth-order valence-corrected chi connectivity index (χ4v) is 4.11. The van der Waals surface area contributed by atoms with Crippen LogP contribution in [0.5, 0.6) is 0 Å². The van der Waals surface area contributed by atoms with Crippen LogP contribution in [0.1, 0.15) is 49.9 Å². The summed E-state index contributed by atoms with van der Waals surface area (Å²) in [6.45, 7) is 7.90. The first kappa shape index (κ1) is 20.6. The molecule has 0 amide bonds. The maximum atomic E-state index is 13.3. The minimum Gasteiger partial charge on any atom is -0.355 e. The Morgan fingerprint density at radius 3 is 1.32 bits per heavy atom. The van der Waals surface area contributed by atoms with Crippen molar-refractivity contribution in [2.45, 2.75) is 34.1 Å². The molecule has 2 N–H and O–H groups in total. The summed E-state index contributed by atoms with van der Waals surface area (Å²) in [6, 6.07) is 19.6. The molecule has 4 aromatic rings. The minimum absolute atomic E-state index is 0.196. The lowest BCUT2D eigenvalue weighted by Crippen LogP contribution is -2.11. The van der Waals surface area contributed by atoms with E-state index >= 15 is 0 Å². The normalized spacial score (nSPS) is 11.0. The summed E-state index contributed by atoms with van der Waals surface area (Å²) in [5.74, 6) is -0.409. The van der Waals surface area contributed by atoms with Gasteiger partial charge in [0.15, 0.2) is 11.6 Å². The van der Waals surface area contributed by atoms with Crippen LogP contribution in [0, 0.1) is 27.7 Å². The van der Waals surface area contributed by atoms with E-state index < -0.39 is 0 Å². The Bertz CT molecular complexity index is 1160. The monoisotopic (exact) mass is 410 g/mol. The van der Waals surface area contributed by atoms with Crippen LogP contribution in [0.3, 0.4) is 0 Å². The molecule has 2 heterocycles. The third-order valence-electron chi connectivity index (χ3n) is 6.00. The predicted molar refractivity (Wildman–Crippen MR) is 125 cm³/mol. The van der Waals surface area contributed by atoms with Gasteiger partial charge in [-0.1, -0.05) is 60.7 Å². The average molecular weight is 411 g/mol. The lowest BCUT2D eigenvalue weighted by atomic mass is 9.95. The molecule has 31 heavy (non-hydrogen) atoms. The van der Waals surface area contributed by atoms with E-state index in [1.54, 1.807) is 0 Å². The molecule has 0 saturated heterocycles. The maximum absolute atomic E-state index is 13.3. The summed E-state index contributed by atoms with van der Waals surface area (Å²) in [5.41, 5.74) is 8.60. The first-order valence-corrected chi connectivity index (χ1v) is 10.4. The highest BCUT2D eigenvalue weighted by Gasteiger charge is 2.25. The van der Waals surface area contributed by atoms with Gasteiger partial charge in [0.1, 0.15) is 0 Å². The molecule has 0 aliphatic rings. The number of ketones is 2. The molecule has 0 bridgehead atoms. The van der Waals surface area contributed by atoms with Gasteiger partial charge in [-0.05, 0) is 49.9 Å². The van der Waals surface area contributed by atoms with Crippen LogP contribution < -0.4 is 0 Å². The molecular formula is C27H26N2O2. The van der Waals surface area contributed by atoms with E-state index in [2.05, 4.69) is 9.97 Å². The Labute approximate surface area is 182 Å². The van der Waals surface area contributed by atoms with E-state index in [4.69, 9.17) is 0 Å². The second-order valence-corrected chi connectivity index (χ2v) is 8.01. The third-order valence-corrected chi connectivity index (χ3v) is 6.00. The highest BCUT2D eigenvalue weighted by molar-refractivity contribution is 6.16. The van der Waals surface area contributed by atoms with Crippen LogP contribution in [-0.4, -0.2) is 21.5 Å². The number of nitrogens with one attached hydrogen (secondary N) is 2. The molecule has 0 atom stereocenters. The number of rotatable bonds is 6. The molecular weight excluding hydrogens is 384 g/mol. The van der Waals surface area contributed by atoms with Crippen molar-refractivity contribution in [3.63, 3.8) is 0 Å². The van der Waals surface area contributed by atoms with E-state index in [-0.39, 0.29) is 18.0 Å². The van der Waals surface area contributed by atoms with Gasteiger partial charge in [0.25, 0.3) is 0 Å². The van der Waals surface area contributed by atoms with Crippen LogP contribution in [0.4, 0.5) is 0 Å². The van der Waals surface area contributed by atoms with Gasteiger partial charge in [-0.25, -0.2) is 0 Å². The molecule has 0 aliphatic carbocycles. The van der Waals surface area contributed by atoms with Crippen molar-refractivity contribution in [3.8, 4) is 22.3 Å². The topological polar surface area (TPSA) is 65.7 Å². The fraction of sp³-hybridized carbons (Fsp3) is 0.185. The molecule has 4 nitrogen and oxygen atoms in total. The quantitative estimate of drug-likeness (QED) is 0.287. The molecule has 4 rings (SSSR count). The summed E-state index contributed by atoms with van der Waals surface area (Å²) in [6.07, 6.45) is -0.196. The Kier molecular flexibility index (Phi) is 5.47. The number of aryl methyl sites for hydroxylation is 2. The number of hydrogen-bond donors (Lipinski definition) is 2. The second kappa shape index (κ2) is 8.23. The van der Waals surface area contributed by atoms with Gasteiger partial charge in [-0.2, -0.15) is 0 Å². The number of aromatic nitrogens is 2. The number of Topliss-reactive ketones (excluding diaryl/α,β-unsaturated/α-hetero) is 2. The predicted octanol–water partition coefficient (Wildman–Crippen LogP) is 6.37. The summed E-state index contributed by atoms with van der Waals surface area (Å²) in [4.78, 5) is 33.0. The Morgan fingerprint density at radius 1 is 0.613 bits per heavy atom. The smallest absolute Gasteiger partial charge is 0.187 e. The zero-order valence-corrected chi connectivity index (χ0v) is 18.3. The first-order valence-electron chi connectivity index (χ1n) is 10.4. The molecule has 4 heteroatoms. The minimum atomic E-state index is -0.205. The summed E-state index contributed by atoms with van der Waals surface area (Å²) < 4.78 is 0. The van der Waals surface area contributed by atoms with Crippen LogP contribution in [-0.2, 0) is 0 Å². The van der Waals surface area contributed by atoms with Crippen LogP contribution >= 0.6 is 0 Å². The first-order chi connectivity index (χ1) is 14.9. The van der Waals surface area contributed by atoms with Crippen molar-refractivity contribution in [2.75, 3.05) is 0 Å². The van der Waals surface area contributed by atoms with Gasteiger partial charge in [0, 0.05) is 22.5 Å². The van der Waals surface area contributed by atoms with Crippen molar-refractivity contribution in [1.29, 1.82) is 0 Å². The molecule has 0 fully saturated rings. The van der Waals surface area contributed by atoms with Gasteiger partial charge < -0.3 is 9.97 Å². The number of carbonyl (C=O) groups is 2. The number of benzene rings is 2. The standard InChI is InChI=1S/C27H26N2O2/c1-16-18(3)28-26(24(16)20-11-7-5-8-12-20)22(30)15-23(31)27-25(17(2)19(4)29-27)21-13-9-6-10-14-21/h5-14,28-29H,15H2,1-4H3. The molecule has 0 saturated carbocycles. The van der Waals surface area contributed by atoms with E-state index in [0.717, 1.165) is 44.8 Å². The van der Waals surface area contributed by atoms with Crippen molar-refractivity contribution in [3.05, 3.63) is 94.6 Å². The van der Waals surface area contributed by atoms with Gasteiger partial charge >= 0.3 is 0 Å². The Balaban J connectivity index is 1.70. The third kappa shape index (κ3) is 3.77.